The van der Waals surface area contributed by atoms with E-state index in [0.29, 0.717) is 24.3 Å². The van der Waals surface area contributed by atoms with Gasteiger partial charge < -0.3 is 10.0 Å². The highest BCUT2D eigenvalue weighted by Gasteiger charge is 2.56. The molecule has 1 aliphatic heterocycles. The molecule has 2 fully saturated rings. The molecule has 1 saturated carbocycles. The standard InChI is InChI=1S/C21H22FN3O3/c22-15-7-1-2-8-17(15)25-16-9-3-6-14(16)18(23-25)19(26)24-11-13-5-4-10-21(13,12-24)20(27)28/h1-2,7-8,13H,3-6,9-12H2,(H,27,28)/t13-,21+/m0/s1. The van der Waals surface area contributed by atoms with E-state index in [1.165, 1.54) is 6.07 Å². The number of halogens is 1. The summed E-state index contributed by atoms with van der Waals surface area (Å²) in [5, 5.41) is 14.3. The summed E-state index contributed by atoms with van der Waals surface area (Å²) in [5.74, 6) is -1.38. The van der Waals surface area contributed by atoms with Crippen molar-refractivity contribution in [1.29, 1.82) is 0 Å². The fourth-order valence-corrected chi connectivity index (χ4v) is 5.38. The lowest BCUT2D eigenvalue weighted by Crippen LogP contribution is -2.37. The number of fused-ring (bicyclic) bond motifs is 2. The van der Waals surface area contributed by atoms with Crippen LogP contribution in [0.15, 0.2) is 24.3 Å². The van der Waals surface area contributed by atoms with Crippen LogP contribution in [0.25, 0.3) is 5.69 Å². The van der Waals surface area contributed by atoms with Gasteiger partial charge in [0.05, 0.1) is 5.41 Å². The maximum absolute atomic E-state index is 14.3. The summed E-state index contributed by atoms with van der Waals surface area (Å²) in [5.41, 5.74) is 1.67. The molecular weight excluding hydrogens is 361 g/mol. The monoisotopic (exact) mass is 383 g/mol. The third-order valence-corrected chi connectivity index (χ3v) is 6.80. The van der Waals surface area contributed by atoms with Crippen LogP contribution >= 0.6 is 0 Å². The number of carbonyl (C=O) groups excluding carboxylic acids is 1. The van der Waals surface area contributed by atoms with Crippen molar-refractivity contribution in [2.75, 3.05) is 13.1 Å². The zero-order valence-corrected chi connectivity index (χ0v) is 15.5. The molecule has 1 saturated heterocycles. The van der Waals surface area contributed by atoms with Crippen molar-refractivity contribution in [1.82, 2.24) is 14.7 Å². The van der Waals surface area contributed by atoms with Crippen LogP contribution in [-0.4, -0.2) is 44.8 Å². The largest absolute Gasteiger partial charge is 0.481 e. The summed E-state index contributed by atoms with van der Waals surface area (Å²) in [6.07, 6.45) is 4.77. The number of carbonyl (C=O) groups is 2. The highest BCUT2D eigenvalue weighted by atomic mass is 19.1. The number of nitrogens with zero attached hydrogens (tertiary/aromatic N) is 3. The fraction of sp³-hybridized carbons (Fsp3) is 0.476. The second-order valence-corrected chi connectivity index (χ2v) is 8.23. The molecular formula is C21H22FN3O3. The number of para-hydroxylation sites is 1. The maximum atomic E-state index is 14.3. The summed E-state index contributed by atoms with van der Waals surface area (Å²) in [4.78, 5) is 26.9. The summed E-state index contributed by atoms with van der Waals surface area (Å²) >= 11 is 0. The van der Waals surface area contributed by atoms with Crippen LogP contribution in [0.3, 0.4) is 0 Å². The predicted octanol–water partition coefficient (Wildman–Crippen LogP) is 2.83. The molecule has 1 aromatic carbocycles. The Balaban J connectivity index is 1.51. The summed E-state index contributed by atoms with van der Waals surface area (Å²) in [6, 6.07) is 6.43. The highest BCUT2D eigenvalue weighted by Crippen LogP contribution is 2.49. The number of carboxylic acid groups (broad SMARTS) is 1. The maximum Gasteiger partial charge on any atom is 0.311 e. The molecule has 2 atom stereocenters. The Bertz CT molecular complexity index is 985. The molecule has 6 nitrogen and oxygen atoms in total. The van der Waals surface area contributed by atoms with E-state index in [1.807, 2.05) is 0 Å². The van der Waals surface area contributed by atoms with E-state index in [9.17, 15) is 19.1 Å². The highest BCUT2D eigenvalue weighted by molar-refractivity contribution is 5.95. The molecule has 3 aliphatic rings. The summed E-state index contributed by atoms with van der Waals surface area (Å²) < 4.78 is 15.9. The van der Waals surface area contributed by atoms with Crippen LogP contribution in [0.4, 0.5) is 4.39 Å². The average Bonchev–Trinajstić information content (AvgIpc) is 3.41. The van der Waals surface area contributed by atoms with E-state index in [-0.39, 0.29) is 24.2 Å². The fourth-order valence-electron chi connectivity index (χ4n) is 5.38. The molecule has 146 valence electrons. The van der Waals surface area contributed by atoms with Gasteiger partial charge >= 0.3 is 5.97 Å². The third kappa shape index (κ3) is 2.34. The van der Waals surface area contributed by atoms with E-state index < -0.39 is 11.4 Å². The van der Waals surface area contributed by atoms with Gasteiger partial charge in [0.25, 0.3) is 5.91 Å². The Morgan fingerprint density at radius 1 is 1.21 bits per heavy atom. The van der Waals surface area contributed by atoms with Gasteiger partial charge in [0.1, 0.15) is 11.5 Å². The number of amides is 1. The minimum absolute atomic E-state index is 0.00986. The number of benzene rings is 1. The van der Waals surface area contributed by atoms with Crippen LogP contribution in [0.1, 0.15) is 47.4 Å². The van der Waals surface area contributed by atoms with Crippen molar-refractivity contribution in [2.24, 2.45) is 11.3 Å². The van der Waals surface area contributed by atoms with Gasteiger partial charge in [0, 0.05) is 24.3 Å². The summed E-state index contributed by atoms with van der Waals surface area (Å²) in [7, 11) is 0. The van der Waals surface area contributed by atoms with Gasteiger partial charge in [-0.15, -0.1) is 0 Å². The first-order valence-corrected chi connectivity index (χ1v) is 9.89. The molecule has 7 heteroatoms. The van der Waals surface area contributed by atoms with Gasteiger partial charge in [-0.05, 0) is 50.2 Å². The normalized spacial score (nSPS) is 25.8. The van der Waals surface area contributed by atoms with Gasteiger partial charge in [-0.1, -0.05) is 18.6 Å². The Morgan fingerprint density at radius 3 is 2.79 bits per heavy atom. The van der Waals surface area contributed by atoms with Crippen molar-refractivity contribution >= 4 is 11.9 Å². The molecule has 2 heterocycles. The van der Waals surface area contributed by atoms with Crippen LogP contribution in [0.5, 0.6) is 0 Å². The molecule has 2 aliphatic carbocycles. The molecule has 2 aromatic rings. The van der Waals surface area contributed by atoms with Gasteiger partial charge in [-0.25, -0.2) is 9.07 Å². The second-order valence-electron chi connectivity index (χ2n) is 8.23. The number of rotatable bonds is 3. The van der Waals surface area contributed by atoms with Crippen LogP contribution in [0.2, 0.25) is 0 Å². The van der Waals surface area contributed by atoms with Gasteiger partial charge in [0.15, 0.2) is 5.69 Å². The van der Waals surface area contributed by atoms with Crippen molar-refractivity contribution < 1.29 is 19.1 Å². The molecule has 0 radical (unpaired) electrons. The number of aromatic nitrogens is 2. The second kappa shape index (κ2) is 6.15. The number of likely N-dealkylation sites (tertiary alicyclic amines) is 1. The topological polar surface area (TPSA) is 75.4 Å². The SMILES string of the molecule is O=C(c1nn(-c2ccccc2F)c2c1CCC2)N1C[C@@H]2CCC[C@@]2(C(=O)O)C1. The minimum atomic E-state index is -0.813. The number of carboxylic acids is 1. The van der Waals surface area contributed by atoms with Crippen molar-refractivity contribution in [3.8, 4) is 5.69 Å². The van der Waals surface area contributed by atoms with Gasteiger partial charge in [-0.3, -0.25) is 9.59 Å². The Morgan fingerprint density at radius 2 is 2.04 bits per heavy atom. The zero-order valence-electron chi connectivity index (χ0n) is 15.5. The van der Waals surface area contributed by atoms with Crippen molar-refractivity contribution in [3.63, 3.8) is 0 Å². The lowest BCUT2D eigenvalue weighted by molar-refractivity contribution is -0.149. The van der Waals surface area contributed by atoms with Crippen LogP contribution in [-0.2, 0) is 17.6 Å². The van der Waals surface area contributed by atoms with E-state index in [4.69, 9.17) is 0 Å². The number of hydrogen-bond donors (Lipinski definition) is 1. The van der Waals surface area contributed by atoms with E-state index in [0.717, 1.165) is 43.4 Å². The van der Waals surface area contributed by atoms with E-state index >= 15 is 0 Å². The lowest BCUT2D eigenvalue weighted by atomic mass is 9.81. The van der Waals surface area contributed by atoms with E-state index in [1.54, 1.807) is 27.8 Å². The molecule has 1 N–H and O–H groups in total. The van der Waals surface area contributed by atoms with Crippen molar-refractivity contribution in [3.05, 3.63) is 47.0 Å². The Hall–Kier alpha value is -2.70. The first kappa shape index (κ1) is 17.4. The lowest BCUT2D eigenvalue weighted by Gasteiger charge is -2.23. The molecule has 1 amide bonds. The van der Waals surface area contributed by atoms with Crippen LogP contribution in [0, 0.1) is 17.2 Å². The first-order valence-electron chi connectivity index (χ1n) is 9.89. The van der Waals surface area contributed by atoms with E-state index in [2.05, 4.69) is 5.10 Å². The molecule has 0 spiro atoms. The van der Waals surface area contributed by atoms with Gasteiger partial charge in [-0.2, -0.15) is 5.10 Å². The third-order valence-electron chi connectivity index (χ3n) is 6.80. The molecule has 0 bridgehead atoms. The smallest absolute Gasteiger partial charge is 0.311 e. The molecule has 28 heavy (non-hydrogen) atoms. The zero-order chi connectivity index (χ0) is 19.5. The van der Waals surface area contributed by atoms with Crippen LogP contribution < -0.4 is 0 Å². The van der Waals surface area contributed by atoms with Crippen molar-refractivity contribution in [2.45, 2.75) is 38.5 Å². The Kier molecular flexibility index (Phi) is 3.82. The summed E-state index contributed by atoms with van der Waals surface area (Å²) in [6.45, 7) is 0.708. The first-order chi connectivity index (χ1) is 13.5. The van der Waals surface area contributed by atoms with Gasteiger partial charge in [0.2, 0.25) is 0 Å². The molecule has 0 unspecified atom stereocenters. The predicted molar refractivity (Wildman–Crippen MR) is 98.9 cm³/mol. The molecule has 1 aromatic heterocycles. The number of hydrogen-bond acceptors (Lipinski definition) is 3. The molecule has 5 rings (SSSR count). The average molecular weight is 383 g/mol. The quantitative estimate of drug-likeness (QED) is 0.884. The Labute approximate surface area is 162 Å². The minimum Gasteiger partial charge on any atom is -0.481 e. The number of aliphatic carboxylic acids is 1.